The summed E-state index contributed by atoms with van der Waals surface area (Å²) >= 11 is 0. The second-order valence-corrected chi connectivity index (χ2v) is 5.17. The first-order valence-electron chi connectivity index (χ1n) is 7.18. The molecular formula is C16H17FN4O. The highest BCUT2D eigenvalue weighted by molar-refractivity contribution is 5.36. The summed E-state index contributed by atoms with van der Waals surface area (Å²) in [5, 5.41) is 2.81. The number of hydrogen-bond donors (Lipinski definition) is 1. The molecule has 0 aliphatic heterocycles. The molecule has 1 aromatic carbocycles. The molecular weight excluding hydrogens is 283 g/mol. The number of benzene rings is 1. The van der Waals surface area contributed by atoms with Gasteiger partial charge in [0.05, 0.1) is 5.69 Å². The summed E-state index contributed by atoms with van der Waals surface area (Å²) in [6.45, 7) is 3.97. The number of nitrogens with one attached hydrogen (secondary N) is 1. The third-order valence-electron chi connectivity index (χ3n) is 3.56. The van der Waals surface area contributed by atoms with Crippen LogP contribution in [0.3, 0.4) is 0 Å². The van der Waals surface area contributed by atoms with E-state index in [1.807, 2.05) is 13.0 Å². The predicted octanol–water partition coefficient (Wildman–Crippen LogP) is 2.18. The van der Waals surface area contributed by atoms with Crippen LogP contribution < -0.4 is 5.56 Å². The molecule has 0 fully saturated rings. The van der Waals surface area contributed by atoms with E-state index in [-0.39, 0.29) is 11.4 Å². The van der Waals surface area contributed by atoms with Gasteiger partial charge in [0.15, 0.2) is 5.65 Å². The van der Waals surface area contributed by atoms with Crippen LogP contribution in [0, 0.1) is 5.82 Å². The molecule has 1 N–H and O–H groups in total. The topological polar surface area (TPSA) is 53.4 Å². The zero-order valence-electron chi connectivity index (χ0n) is 12.3. The van der Waals surface area contributed by atoms with Gasteiger partial charge in [-0.05, 0) is 24.2 Å². The van der Waals surface area contributed by atoms with Gasteiger partial charge in [-0.1, -0.05) is 19.1 Å². The molecule has 0 radical (unpaired) electrons. The minimum atomic E-state index is -0.237. The Morgan fingerprint density at radius 3 is 2.91 bits per heavy atom. The van der Waals surface area contributed by atoms with Gasteiger partial charge in [0.2, 0.25) is 0 Å². The largest absolute Gasteiger partial charge is 0.297 e. The van der Waals surface area contributed by atoms with Gasteiger partial charge >= 0.3 is 0 Å². The van der Waals surface area contributed by atoms with Gasteiger partial charge in [-0.2, -0.15) is 0 Å². The second-order valence-electron chi connectivity index (χ2n) is 5.17. The molecule has 2 heterocycles. The van der Waals surface area contributed by atoms with Crippen molar-refractivity contribution in [2.75, 3.05) is 6.54 Å². The maximum absolute atomic E-state index is 13.3. The summed E-state index contributed by atoms with van der Waals surface area (Å²) < 4.78 is 14.7. The Morgan fingerprint density at radius 1 is 1.27 bits per heavy atom. The summed E-state index contributed by atoms with van der Waals surface area (Å²) in [4.78, 5) is 18.5. The van der Waals surface area contributed by atoms with Crippen LogP contribution >= 0.6 is 0 Å². The molecule has 114 valence electrons. The number of hydrogen-bond acceptors (Lipinski definition) is 3. The number of H-pyrrole nitrogens is 1. The van der Waals surface area contributed by atoms with Crippen molar-refractivity contribution < 1.29 is 4.39 Å². The van der Waals surface area contributed by atoms with Crippen LogP contribution in [0.5, 0.6) is 0 Å². The van der Waals surface area contributed by atoms with E-state index in [2.05, 4.69) is 15.0 Å². The van der Waals surface area contributed by atoms with Crippen molar-refractivity contribution in [3.05, 3.63) is 70.0 Å². The predicted molar refractivity (Wildman–Crippen MR) is 82.0 cm³/mol. The van der Waals surface area contributed by atoms with Gasteiger partial charge < -0.3 is 0 Å². The molecule has 2 aromatic heterocycles. The van der Waals surface area contributed by atoms with Crippen molar-refractivity contribution in [1.82, 2.24) is 19.5 Å². The molecule has 0 aliphatic carbocycles. The molecule has 0 bridgehead atoms. The van der Waals surface area contributed by atoms with Crippen molar-refractivity contribution >= 4 is 5.65 Å². The molecule has 5 nitrogen and oxygen atoms in total. The minimum absolute atomic E-state index is 0.133. The zero-order chi connectivity index (χ0) is 15.5. The maximum atomic E-state index is 13.3. The Bertz CT molecular complexity index is 839. The van der Waals surface area contributed by atoms with E-state index in [9.17, 15) is 9.18 Å². The number of nitrogens with zero attached hydrogens (tertiary/aromatic N) is 3. The third kappa shape index (κ3) is 3.07. The molecule has 0 saturated carbocycles. The highest BCUT2D eigenvalue weighted by atomic mass is 19.1. The van der Waals surface area contributed by atoms with Crippen LogP contribution in [-0.4, -0.2) is 26.0 Å². The smallest absolute Gasteiger partial charge is 0.272 e. The van der Waals surface area contributed by atoms with E-state index < -0.39 is 0 Å². The molecule has 3 rings (SSSR count). The molecule has 0 atom stereocenters. The van der Waals surface area contributed by atoms with Crippen LogP contribution in [0.1, 0.15) is 18.2 Å². The number of halogens is 1. The number of aromatic amines is 1. The SMILES string of the molecule is CCN(Cc1cccc(F)c1)Cc1cc(=O)n2[nH]ccc2n1. The summed E-state index contributed by atoms with van der Waals surface area (Å²) in [6.07, 6.45) is 1.68. The molecule has 6 heteroatoms. The van der Waals surface area contributed by atoms with Gasteiger partial charge in [0.25, 0.3) is 5.56 Å². The number of rotatable bonds is 5. The standard InChI is InChI=1S/C16H17FN4O/c1-2-20(10-12-4-3-5-13(17)8-12)11-14-9-16(22)21-15(19-14)6-7-18-21/h3-9,18H,2,10-11H2,1H3. The molecule has 0 saturated heterocycles. The first kappa shape index (κ1) is 14.5. The number of aromatic nitrogens is 3. The molecule has 22 heavy (non-hydrogen) atoms. The van der Waals surface area contributed by atoms with Crippen LogP contribution in [0.2, 0.25) is 0 Å². The van der Waals surface area contributed by atoms with Gasteiger partial charge in [0, 0.05) is 31.4 Å². The fraction of sp³-hybridized carbons (Fsp3) is 0.250. The van der Waals surface area contributed by atoms with Gasteiger partial charge in [-0.25, -0.2) is 13.9 Å². The Hall–Kier alpha value is -2.47. The van der Waals surface area contributed by atoms with E-state index in [0.29, 0.717) is 24.4 Å². The van der Waals surface area contributed by atoms with Crippen LogP contribution in [0.25, 0.3) is 5.65 Å². The van der Waals surface area contributed by atoms with Crippen molar-refractivity contribution in [2.24, 2.45) is 0 Å². The summed E-state index contributed by atoms with van der Waals surface area (Å²) in [5.41, 5.74) is 2.08. The lowest BCUT2D eigenvalue weighted by Gasteiger charge is -2.20. The first-order chi connectivity index (χ1) is 10.7. The van der Waals surface area contributed by atoms with E-state index in [4.69, 9.17) is 0 Å². The van der Waals surface area contributed by atoms with Gasteiger partial charge in [-0.3, -0.25) is 14.8 Å². The average molecular weight is 300 g/mol. The summed E-state index contributed by atoms with van der Waals surface area (Å²) in [5.74, 6) is -0.237. The average Bonchev–Trinajstić information content (AvgIpc) is 2.95. The lowest BCUT2D eigenvalue weighted by molar-refractivity contribution is 0.267. The lowest BCUT2D eigenvalue weighted by atomic mass is 10.2. The lowest BCUT2D eigenvalue weighted by Crippen LogP contribution is -2.25. The molecule has 0 amide bonds. The monoisotopic (exact) mass is 300 g/mol. The Morgan fingerprint density at radius 2 is 2.14 bits per heavy atom. The van der Waals surface area contributed by atoms with E-state index >= 15 is 0 Å². The van der Waals surface area contributed by atoms with E-state index in [1.165, 1.54) is 22.7 Å². The minimum Gasteiger partial charge on any atom is -0.297 e. The Balaban J connectivity index is 1.80. The Labute approximate surface area is 127 Å². The van der Waals surface area contributed by atoms with Crippen molar-refractivity contribution in [3.8, 4) is 0 Å². The van der Waals surface area contributed by atoms with Crippen LogP contribution in [-0.2, 0) is 13.1 Å². The normalized spacial score (nSPS) is 11.4. The molecule has 0 spiro atoms. The fourth-order valence-electron chi connectivity index (χ4n) is 2.46. The zero-order valence-corrected chi connectivity index (χ0v) is 12.3. The van der Waals surface area contributed by atoms with Gasteiger partial charge in [-0.15, -0.1) is 0 Å². The van der Waals surface area contributed by atoms with E-state index in [0.717, 1.165) is 12.1 Å². The molecule has 0 unspecified atom stereocenters. The first-order valence-corrected chi connectivity index (χ1v) is 7.18. The third-order valence-corrected chi connectivity index (χ3v) is 3.56. The van der Waals surface area contributed by atoms with Crippen LogP contribution in [0.4, 0.5) is 4.39 Å². The van der Waals surface area contributed by atoms with E-state index in [1.54, 1.807) is 18.3 Å². The molecule has 0 aliphatic rings. The summed E-state index contributed by atoms with van der Waals surface area (Å²) in [6, 6.07) is 9.84. The van der Waals surface area contributed by atoms with Crippen LogP contribution in [0.15, 0.2) is 47.4 Å². The van der Waals surface area contributed by atoms with Crippen molar-refractivity contribution in [2.45, 2.75) is 20.0 Å². The highest BCUT2D eigenvalue weighted by Gasteiger charge is 2.09. The van der Waals surface area contributed by atoms with Gasteiger partial charge in [0.1, 0.15) is 5.82 Å². The highest BCUT2D eigenvalue weighted by Crippen LogP contribution is 2.10. The second kappa shape index (κ2) is 6.11. The number of fused-ring (bicyclic) bond motifs is 1. The maximum Gasteiger partial charge on any atom is 0.272 e. The fourth-order valence-corrected chi connectivity index (χ4v) is 2.46. The summed E-state index contributed by atoms with van der Waals surface area (Å²) in [7, 11) is 0. The quantitative estimate of drug-likeness (QED) is 0.786. The van der Waals surface area contributed by atoms with Crippen molar-refractivity contribution in [3.63, 3.8) is 0 Å². The Kier molecular flexibility index (Phi) is 4.02. The van der Waals surface area contributed by atoms with Crippen molar-refractivity contribution in [1.29, 1.82) is 0 Å². The molecule has 3 aromatic rings.